The van der Waals surface area contributed by atoms with E-state index in [1.165, 1.54) is 11.2 Å². The van der Waals surface area contributed by atoms with Crippen molar-refractivity contribution in [2.75, 3.05) is 31.6 Å². The fraction of sp³-hybridized carbons (Fsp3) is 0.304. The molecule has 9 nitrogen and oxygen atoms in total. The van der Waals surface area contributed by atoms with Crippen LogP contribution in [0.3, 0.4) is 0 Å². The van der Waals surface area contributed by atoms with Gasteiger partial charge >= 0.3 is 0 Å². The molecule has 1 unspecified atom stereocenters. The summed E-state index contributed by atoms with van der Waals surface area (Å²) in [6.07, 6.45) is 4.96. The number of aryl methyl sites for hydroxylation is 1. The van der Waals surface area contributed by atoms with E-state index in [0.29, 0.717) is 48.6 Å². The number of halogens is 1. The van der Waals surface area contributed by atoms with Gasteiger partial charge in [0.25, 0.3) is 0 Å². The number of hydrogen-bond acceptors (Lipinski definition) is 7. The molecule has 4 aromatic rings. The van der Waals surface area contributed by atoms with E-state index in [1.54, 1.807) is 16.9 Å². The Balaban J connectivity index is 1.23. The molecule has 1 aliphatic heterocycles. The quantitative estimate of drug-likeness (QED) is 0.426. The minimum Gasteiger partial charge on any atom is -0.486 e. The molecule has 4 heterocycles. The molecule has 2 atom stereocenters. The number of alkyl halides is 1. The first-order valence-corrected chi connectivity index (χ1v) is 10.9. The molecule has 33 heavy (non-hydrogen) atoms. The highest BCUT2D eigenvalue weighted by Gasteiger charge is 2.25. The Morgan fingerprint density at radius 1 is 1.15 bits per heavy atom. The van der Waals surface area contributed by atoms with Crippen LogP contribution in [0.1, 0.15) is 6.42 Å². The molecule has 3 aromatic heterocycles. The zero-order chi connectivity index (χ0) is 22.6. The largest absolute Gasteiger partial charge is 0.486 e. The number of likely N-dealkylation sites (tertiary alicyclic amines) is 1. The third kappa shape index (κ3) is 5.17. The molecular weight excluding hydrogens is 425 g/mol. The third-order valence-corrected chi connectivity index (χ3v) is 5.54. The Hall–Kier alpha value is -3.79. The number of quaternary nitrogens is 1. The van der Waals surface area contributed by atoms with Crippen molar-refractivity contribution < 1.29 is 18.8 Å². The maximum absolute atomic E-state index is 13.3. The number of pyridine rings is 1. The SMILES string of the molecule is Cn1ccc(Nc2ncnc3ccc(Oc4ccc(OCC[NH+]5CC[C@H](F)C5)cn4)cc23)n1. The number of nitrogens with zero attached hydrogens (tertiary/aromatic N) is 5. The van der Waals surface area contributed by atoms with Crippen molar-refractivity contribution in [2.45, 2.75) is 12.6 Å². The molecule has 1 aliphatic rings. The summed E-state index contributed by atoms with van der Waals surface area (Å²) in [4.78, 5) is 14.3. The summed E-state index contributed by atoms with van der Waals surface area (Å²) < 4.78 is 26.6. The number of benzene rings is 1. The van der Waals surface area contributed by atoms with E-state index in [1.807, 2.05) is 43.6 Å². The Morgan fingerprint density at radius 2 is 2.06 bits per heavy atom. The molecule has 2 N–H and O–H groups in total. The van der Waals surface area contributed by atoms with Crippen LogP contribution in [0.5, 0.6) is 17.4 Å². The topological polar surface area (TPSA) is 91.4 Å². The minimum atomic E-state index is -0.679. The van der Waals surface area contributed by atoms with E-state index in [4.69, 9.17) is 9.47 Å². The van der Waals surface area contributed by atoms with Gasteiger partial charge in [-0.25, -0.2) is 19.3 Å². The number of anilines is 2. The first-order valence-electron chi connectivity index (χ1n) is 10.9. The normalized spacial score (nSPS) is 17.9. The van der Waals surface area contributed by atoms with E-state index in [-0.39, 0.29) is 0 Å². The summed E-state index contributed by atoms with van der Waals surface area (Å²) in [6, 6.07) is 11.0. The van der Waals surface area contributed by atoms with Gasteiger partial charge in [0.15, 0.2) is 12.0 Å². The second-order valence-electron chi connectivity index (χ2n) is 8.02. The molecule has 1 fully saturated rings. The Bertz CT molecular complexity index is 1230. The first-order chi connectivity index (χ1) is 16.1. The number of fused-ring (bicyclic) bond motifs is 1. The molecule has 1 saturated heterocycles. The van der Waals surface area contributed by atoms with Gasteiger partial charge in [-0.15, -0.1) is 0 Å². The zero-order valence-corrected chi connectivity index (χ0v) is 18.2. The van der Waals surface area contributed by atoms with Gasteiger partial charge in [-0.05, 0) is 24.3 Å². The van der Waals surface area contributed by atoms with Crippen LogP contribution in [-0.4, -0.2) is 57.1 Å². The zero-order valence-electron chi connectivity index (χ0n) is 18.2. The summed E-state index contributed by atoms with van der Waals surface area (Å²) in [5.74, 6) is 3.05. The lowest BCUT2D eigenvalue weighted by Crippen LogP contribution is -3.11. The van der Waals surface area contributed by atoms with Crippen LogP contribution in [-0.2, 0) is 7.05 Å². The highest BCUT2D eigenvalue weighted by atomic mass is 19.1. The molecule has 0 bridgehead atoms. The van der Waals surface area contributed by atoms with E-state index in [0.717, 1.165) is 24.0 Å². The third-order valence-electron chi connectivity index (χ3n) is 5.54. The van der Waals surface area contributed by atoms with E-state index in [9.17, 15) is 4.39 Å². The summed E-state index contributed by atoms with van der Waals surface area (Å²) in [5.41, 5.74) is 0.784. The van der Waals surface area contributed by atoms with Crippen LogP contribution >= 0.6 is 0 Å². The lowest BCUT2D eigenvalue weighted by atomic mass is 10.2. The predicted octanol–water partition coefficient (Wildman–Crippen LogP) is 2.30. The molecular formula is C23H25FN7O2+. The lowest BCUT2D eigenvalue weighted by molar-refractivity contribution is -0.888. The number of rotatable bonds is 8. The van der Waals surface area contributed by atoms with Crippen LogP contribution in [0.4, 0.5) is 16.0 Å². The maximum atomic E-state index is 13.3. The standard InChI is InChI=1S/C23H24FN7O2/c1-30-8-7-21(29-30)28-23-19-12-17(2-4-20(19)26-15-27-23)33-22-5-3-18(13-25-22)32-11-10-31-9-6-16(24)14-31/h2-5,7-8,12-13,15-16H,6,9-11,14H2,1H3,(H,26,27,28,29)/p+1/t16-/m0/s1. The van der Waals surface area contributed by atoms with Gasteiger partial charge in [0.1, 0.15) is 43.3 Å². The van der Waals surface area contributed by atoms with Crippen molar-refractivity contribution in [1.29, 1.82) is 0 Å². The summed E-state index contributed by atoms with van der Waals surface area (Å²) in [6.45, 7) is 2.75. The molecule has 5 rings (SSSR count). The average Bonchev–Trinajstić information content (AvgIpc) is 3.43. The van der Waals surface area contributed by atoms with Crippen LogP contribution in [0.2, 0.25) is 0 Å². The smallest absolute Gasteiger partial charge is 0.219 e. The van der Waals surface area contributed by atoms with Crippen molar-refractivity contribution in [3.8, 4) is 17.4 Å². The lowest BCUT2D eigenvalue weighted by Gasteiger charge is -2.13. The van der Waals surface area contributed by atoms with Gasteiger partial charge in [-0.1, -0.05) is 0 Å². The van der Waals surface area contributed by atoms with Crippen molar-refractivity contribution in [1.82, 2.24) is 24.7 Å². The highest BCUT2D eigenvalue weighted by Crippen LogP contribution is 2.28. The Kier molecular flexibility index (Phi) is 5.99. The van der Waals surface area contributed by atoms with E-state index >= 15 is 0 Å². The maximum Gasteiger partial charge on any atom is 0.219 e. The van der Waals surface area contributed by atoms with Crippen LogP contribution < -0.4 is 19.7 Å². The Labute approximate surface area is 190 Å². The average molecular weight is 450 g/mol. The summed E-state index contributed by atoms with van der Waals surface area (Å²) in [5, 5.41) is 8.35. The first kappa shape index (κ1) is 21.1. The fourth-order valence-electron chi connectivity index (χ4n) is 3.85. The molecule has 1 aromatic carbocycles. The fourth-order valence-corrected chi connectivity index (χ4v) is 3.85. The highest BCUT2D eigenvalue weighted by molar-refractivity contribution is 5.91. The van der Waals surface area contributed by atoms with Crippen LogP contribution in [0, 0.1) is 0 Å². The van der Waals surface area contributed by atoms with E-state index in [2.05, 4.69) is 25.4 Å². The second kappa shape index (κ2) is 9.37. The van der Waals surface area contributed by atoms with Crippen molar-refractivity contribution in [3.63, 3.8) is 0 Å². The van der Waals surface area contributed by atoms with E-state index < -0.39 is 6.17 Å². The molecule has 170 valence electrons. The number of nitrogens with one attached hydrogen (secondary N) is 2. The van der Waals surface area contributed by atoms with Gasteiger partial charge in [-0.2, -0.15) is 5.10 Å². The second-order valence-corrected chi connectivity index (χ2v) is 8.02. The van der Waals surface area contributed by atoms with Crippen LogP contribution in [0.25, 0.3) is 10.9 Å². The number of aromatic nitrogens is 5. The molecule has 0 aliphatic carbocycles. The summed E-state index contributed by atoms with van der Waals surface area (Å²) >= 11 is 0. The Morgan fingerprint density at radius 3 is 2.82 bits per heavy atom. The molecule has 0 spiro atoms. The number of ether oxygens (including phenoxy) is 2. The van der Waals surface area contributed by atoms with Crippen molar-refractivity contribution in [2.24, 2.45) is 7.05 Å². The van der Waals surface area contributed by atoms with Gasteiger partial charge in [0.2, 0.25) is 5.88 Å². The van der Waals surface area contributed by atoms with Crippen molar-refractivity contribution >= 4 is 22.5 Å². The molecule has 0 amide bonds. The molecule has 0 radical (unpaired) electrons. The van der Waals surface area contributed by atoms with Crippen molar-refractivity contribution in [3.05, 3.63) is 55.1 Å². The molecule has 0 saturated carbocycles. The van der Waals surface area contributed by atoms with Crippen LogP contribution in [0.15, 0.2) is 55.1 Å². The van der Waals surface area contributed by atoms with Gasteiger partial charge in [-0.3, -0.25) is 4.68 Å². The minimum absolute atomic E-state index is 0.447. The predicted molar refractivity (Wildman–Crippen MR) is 121 cm³/mol. The monoisotopic (exact) mass is 450 g/mol. The summed E-state index contributed by atoms with van der Waals surface area (Å²) in [7, 11) is 1.85. The molecule has 10 heteroatoms. The van der Waals surface area contributed by atoms with Gasteiger partial charge in [0, 0.05) is 37.2 Å². The van der Waals surface area contributed by atoms with Gasteiger partial charge in [0.05, 0.1) is 18.3 Å². The number of hydrogen-bond donors (Lipinski definition) is 2. The van der Waals surface area contributed by atoms with Gasteiger partial charge < -0.3 is 19.7 Å².